The van der Waals surface area contributed by atoms with Crippen LogP contribution < -0.4 is 0 Å². The minimum absolute atomic E-state index is 0.265. The van der Waals surface area contributed by atoms with Crippen molar-refractivity contribution in [1.82, 2.24) is 19.8 Å². The van der Waals surface area contributed by atoms with E-state index in [1.165, 1.54) is 5.56 Å². The summed E-state index contributed by atoms with van der Waals surface area (Å²) < 4.78 is 40.1. The third-order valence-electron chi connectivity index (χ3n) is 5.26. The largest absolute Gasteiger partial charge is 0.453 e. The van der Waals surface area contributed by atoms with Crippen molar-refractivity contribution >= 4 is 5.84 Å². The second-order valence-electron chi connectivity index (χ2n) is 7.02. The van der Waals surface area contributed by atoms with Crippen LogP contribution in [0.4, 0.5) is 13.2 Å². The number of alkyl halides is 3. The molecule has 1 aromatic carbocycles. The Morgan fingerprint density at radius 1 is 1.04 bits per heavy atom. The second kappa shape index (κ2) is 7.30. The summed E-state index contributed by atoms with van der Waals surface area (Å²) in [6, 6.07) is 8.32. The van der Waals surface area contributed by atoms with Gasteiger partial charge in [0.25, 0.3) is 5.82 Å². The summed E-state index contributed by atoms with van der Waals surface area (Å²) in [6.07, 6.45) is -1.66. The highest BCUT2D eigenvalue weighted by atomic mass is 19.4. The molecule has 28 heavy (non-hydrogen) atoms. The van der Waals surface area contributed by atoms with Crippen molar-refractivity contribution in [2.75, 3.05) is 13.1 Å². The molecule has 0 unspecified atom stereocenters. The Balaban J connectivity index is 1.45. The zero-order valence-electron chi connectivity index (χ0n) is 15.5. The SMILES string of the molecule is CC#Cc1ccc(C2CCN(C3=Nn4c(nnc4C(F)(F)F)CC3)CC2)cc1. The van der Waals surface area contributed by atoms with Gasteiger partial charge < -0.3 is 4.90 Å². The van der Waals surface area contributed by atoms with E-state index < -0.39 is 12.0 Å². The number of likely N-dealkylation sites (tertiary alicyclic amines) is 1. The maximum atomic E-state index is 13.1. The number of hydrogen-bond donors (Lipinski definition) is 0. The summed E-state index contributed by atoms with van der Waals surface area (Å²) in [6.45, 7) is 3.37. The summed E-state index contributed by atoms with van der Waals surface area (Å²) in [5.74, 6) is 6.28. The van der Waals surface area contributed by atoms with Crippen molar-refractivity contribution in [3.05, 3.63) is 47.0 Å². The van der Waals surface area contributed by atoms with Crippen molar-refractivity contribution < 1.29 is 13.2 Å². The van der Waals surface area contributed by atoms with Gasteiger partial charge in [-0.15, -0.1) is 16.1 Å². The van der Waals surface area contributed by atoms with Gasteiger partial charge in [0.05, 0.1) is 0 Å². The molecule has 1 saturated heterocycles. The minimum atomic E-state index is -4.56. The van der Waals surface area contributed by atoms with E-state index in [1.807, 2.05) is 19.1 Å². The van der Waals surface area contributed by atoms with Crippen LogP contribution in [0.25, 0.3) is 0 Å². The Morgan fingerprint density at radius 2 is 1.75 bits per heavy atom. The summed E-state index contributed by atoms with van der Waals surface area (Å²) >= 11 is 0. The number of aryl methyl sites for hydroxylation is 1. The van der Waals surface area contributed by atoms with E-state index in [2.05, 4.69) is 44.2 Å². The first-order chi connectivity index (χ1) is 13.5. The molecule has 0 atom stereocenters. The molecule has 8 heteroatoms. The van der Waals surface area contributed by atoms with E-state index in [4.69, 9.17) is 0 Å². The fourth-order valence-electron chi connectivity index (χ4n) is 3.81. The van der Waals surface area contributed by atoms with Crippen LogP contribution in [-0.2, 0) is 12.6 Å². The molecular weight excluding hydrogens is 367 g/mol. The fraction of sp³-hybridized carbons (Fsp3) is 0.450. The number of benzene rings is 1. The lowest BCUT2D eigenvalue weighted by Gasteiger charge is -2.35. The summed E-state index contributed by atoms with van der Waals surface area (Å²) in [5, 5.41) is 11.1. The average molecular weight is 387 g/mol. The molecule has 0 N–H and O–H groups in total. The molecule has 2 aliphatic rings. The molecule has 1 fully saturated rings. The highest BCUT2D eigenvalue weighted by molar-refractivity contribution is 5.83. The van der Waals surface area contributed by atoms with Gasteiger partial charge in [0.15, 0.2) is 5.82 Å². The maximum Gasteiger partial charge on any atom is 0.453 e. The smallest absolute Gasteiger partial charge is 0.359 e. The third-order valence-corrected chi connectivity index (χ3v) is 5.26. The van der Waals surface area contributed by atoms with Gasteiger partial charge in [0.2, 0.25) is 0 Å². The van der Waals surface area contributed by atoms with E-state index in [0.717, 1.165) is 36.2 Å². The third kappa shape index (κ3) is 3.61. The van der Waals surface area contributed by atoms with Gasteiger partial charge >= 0.3 is 6.18 Å². The lowest BCUT2D eigenvalue weighted by molar-refractivity contribution is -0.147. The predicted octanol–water partition coefficient (Wildman–Crippen LogP) is 3.66. The van der Waals surface area contributed by atoms with Crippen molar-refractivity contribution in [2.45, 2.75) is 44.7 Å². The Morgan fingerprint density at radius 3 is 2.39 bits per heavy atom. The van der Waals surface area contributed by atoms with Crippen LogP contribution in [0.15, 0.2) is 29.4 Å². The Hall–Kier alpha value is -2.82. The first kappa shape index (κ1) is 18.5. The molecule has 4 rings (SSSR count). The molecule has 2 aliphatic heterocycles. The molecule has 1 aromatic heterocycles. The Labute approximate surface area is 161 Å². The van der Waals surface area contributed by atoms with Crippen molar-refractivity contribution in [3.8, 4) is 11.8 Å². The second-order valence-corrected chi connectivity index (χ2v) is 7.02. The van der Waals surface area contributed by atoms with Crippen LogP contribution in [0.5, 0.6) is 0 Å². The number of halogens is 3. The molecule has 0 bridgehead atoms. The highest BCUT2D eigenvalue weighted by Crippen LogP contribution is 2.31. The van der Waals surface area contributed by atoms with Crippen molar-refractivity contribution in [3.63, 3.8) is 0 Å². The van der Waals surface area contributed by atoms with Gasteiger partial charge in [0.1, 0.15) is 5.84 Å². The van der Waals surface area contributed by atoms with E-state index >= 15 is 0 Å². The number of hydrogen-bond acceptors (Lipinski definition) is 4. The van der Waals surface area contributed by atoms with Gasteiger partial charge in [-0.1, -0.05) is 18.1 Å². The average Bonchev–Trinajstić information content (AvgIpc) is 3.13. The fourth-order valence-corrected chi connectivity index (χ4v) is 3.81. The van der Waals surface area contributed by atoms with E-state index in [9.17, 15) is 13.2 Å². The lowest BCUT2D eigenvalue weighted by atomic mass is 9.89. The number of piperidine rings is 1. The molecule has 5 nitrogen and oxygen atoms in total. The summed E-state index contributed by atoms with van der Waals surface area (Å²) in [5.41, 5.74) is 2.29. The van der Waals surface area contributed by atoms with E-state index in [1.54, 1.807) is 0 Å². The Bertz CT molecular complexity index is 939. The van der Waals surface area contributed by atoms with Crippen LogP contribution in [0.1, 0.15) is 54.9 Å². The molecule has 0 spiro atoms. The molecule has 2 aromatic rings. The molecule has 0 aliphatic carbocycles. The van der Waals surface area contributed by atoms with Crippen molar-refractivity contribution in [1.29, 1.82) is 0 Å². The number of nitrogens with zero attached hydrogens (tertiary/aromatic N) is 5. The molecule has 0 saturated carbocycles. The first-order valence-electron chi connectivity index (χ1n) is 9.32. The Kier molecular flexibility index (Phi) is 4.84. The molecule has 0 amide bonds. The number of aromatic nitrogens is 3. The quantitative estimate of drug-likeness (QED) is 0.702. The number of rotatable bonds is 1. The summed E-state index contributed by atoms with van der Waals surface area (Å²) in [4.78, 5) is 2.09. The number of amidine groups is 1. The number of fused-ring (bicyclic) bond motifs is 1. The topological polar surface area (TPSA) is 46.3 Å². The summed E-state index contributed by atoms with van der Waals surface area (Å²) in [7, 11) is 0. The molecular formula is C20H20F3N5. The van der Waals surface area contributed by atoms with Gasteiger partial charge in [-0.25, -0.2) is 0 Å². The monoisotopic (exact) mass is 387 g/mol. The maximum absolute atomic E-state index is 13.1. The van der Waals surface area contributed by atoms with Crippen LogP contribution >= 0.6 is 0 Å². The molecule has 146 valence electrons. The standard InChI is InChI=1S/C20H20F3N5/c1-2-3-14-4-6-15(7-5-14)16-10-12-27(13-11-16)18-9-8-17-24-25-19(20(21,22)23)28(17)26-18/h4-7,16H,8-13H2,1H3. The van der Waals surface area contributed by atoms with Gasteiger partial charge in [-0.05, 0) is 43.4 Å². The van der Waals surface area contributed by atoms with Crippen LogP contribution in [0.3, 0.4) is 0 Å². The zero-order chi connectivity index (χ0) is 19.7. The van der Waals surface area contributed by atoms with E-state index in [-0.39, 0.29) is 5.82 Å². The molecule has 3 heterocycles. The molecule has 0 radical (unpaired) electrons. The van der Waals surface area contributed by atoms with E-state index in [0.29, 0.717) is 24.6 Å². The van der Waals surface area contributed by atoms with Crippen LogP contribution in [0.2, 0.25) is 0 Å². The predicted molar refractivity (Wildman–Crippen MR) is 98.7 cm³/mol. The van der Waals surface area contributed by atoms with Crippen LogP contribution in [0, 0.1) is 11.8 Å². The van der Waals surface area contributed by atoms with Gasteiger partial charge in [0, 0.05) is 31.5 Å². The van der Waals surface area contributed by atoms with Gasteiger partial charge in [-0.3, -0.25) is 0 Å². The normalized spacial score (nSPS) is 17.6. The first-order valence-corrected chi connectivity index (χ1v) is 9.32. The van der Waals surface area contributed by atoms with Crippen LogP contribution in [-0.4, -0.2) is 38.7 Å². The zero-order valence-corrected chi connectivity index (χ0v) is 15.5. The highest BCUT2D eigenvalue weighted by Gasteiger charge is 2.40. The lowest BCUT2D eigenvalue weighted by Crippen LogP contribution is -2.40. The van der Waals surface area contributed by atoms with Crippen molar-refractivity contribution in [2.24, 2.45) is 5.10 Å². The van der Waals surface area contributed by atoms with Gasteiger partial charge in [-0.2, -0.15) is 22.9 Å². The minimum Gasteiger partial charge on any atom is -0.359 e.